The van der Waals surface area contributed by atoms with Gasteiger partial charge in [0, 0.05) is 38.2 Å². The zero-order valence-electron chi connectivity index (χ0n) is 21.7. The van der Waals surface area contributed by atoms with Gasteiger partial charge in [0.1, 0.15) is 17.6 Å². The molecule has 3 aliphatic rings. The first kappa shape index (κ1) is 25.2. The van der Waals surface area contributed by atoms with E-state index in [1.54, 1.807) is 7.11 Å². The van der Waals surface area contributed by atoms with E-state index >= 15 is 0 Å². The zero-order chi connectivity index (χ0) is 26.8. The van der Waals surface area contributed by atoms with Gasteiger partial charge in [0.25, 0.3) is 5.91 Å². The van der Waals surface area contributed by atoms with Gasteiger partial charge in [-0.2, -0.15) is 4.99 Å². The number of amides is 2. The van der Waals surface area contributed by atoms with E-state index < -0.39 is 6.04 Å². The van der Waals surface area contributed by atoms with Gasteiger partial charge in [-0.05, 0) is 29.8 Å². The molecular formula is C30H29N5O3S. The molecule has 8 nitrogen and oxygen atoms in total. The lowest BCUT2D eigenvalue weighted by Crippen LogP contribution is -2.50. The monoisotopic (exact) mass is 539 g/mol. The van der Waals surface area contributed by atoms with Crippen molar-refractivity contribution in [2.45, 2.75) is 12.5 Å². The molecule has 1 saturated heterocycles. The number of piperazine rings is 1. The van der Waals surface area contributed by atoms with E-state index in [1.165, 1.54) is 11.8 Å². The second-order valence-electron chi connectivity index (χ2n) is 9.59. The fourth-order valence-electron chi connectivity index (χ4n) is 5.24. The number of ether oxygens (including phenoxy) is 1. The first-order chi connectivity index (χ1) is 19.1. The summed E-state index contributed by atoms with van der Waals surface area (Å²) in [5.41, 5.74) is 3.71. The molecule has 0 radical (unpaired) electrons. The van der Waals surface area contributed by atoms with E-state index in [9.17, 15) is 9.59 Å². The number of anilines is 1. The number of fused-ring (bicyclic) bond motifs is 3. The van der Waals surface area contributed by atoms with Crippen LogP contribution < -0.4 is 9.64 Å². The van der Waals surface area contributed by atoms with Gasteiger partial charge in [-0.25, -0.2) is 4.99 Å². The van der Waals surface area contributed by atoms with Crippen molar-refractivity contribution in [3.05, 3.63) is 90.0 Å². The van der Waals surface area contributed by atoms with Crippen molar-refractivity contribution >= 4 is 46.0 Å². The van der Waals surface area contributed by atoms with Crippen molar-refractivity contribution in [1.29, 1.82) is 0 Å². The summed E-state index contributed by atoms with van der Waals surface area (Å²) in [6.45, 7) is 2.75. The van der Waals surface area contributed by atoms with Crippen LogP contribution in [0.2, 0.25) is 0 Å². The van der Waals surface area contributed by atoms with Crippen LogP contribution in [0.1, 0.15) is 11.1 Å². The fourth-order valence-corrected chi connectivity index (χ4v) is 6.20. The highest BCUT2D eigenvalue weighted by atomic mass is 32.2. The molecule has 3 aromatic rings. The summed E-state index contributed by atoms with van der Waals surface area (Å²) in [6, 6.07) is 25.1. The van der Waals surface area contributed by atoms with Crippen molar-refractivity contribution < 1.29 is 14.3 Å². The van der Waals surface area contributed by atoms with Crippen molar-refractivity contribution in [1.82, 2.24) is 9.80 Å². The smallest absolute Gasteiger partial charge is 0.271 e. The third-order valence-electron chi connectivity index (χ3n) is 7.26. The van der Waals surface area contributed by atoms with Crippen molar-refractivity contribution in [2.75, 3.05) is 43.9 Å². The minimum Gasteiger partial charge on any atom is -0.495 e. The number of nitrogens with zero attached hydrogens (tertiary/aromatic N) is 5. The van der Waals surface area contributed by atoms with Crippen LogP contribution in [-0.2, 0) is 16.0 Å². The number of amidine groups is 2. The molecule has 0 spiro atoms. The number of benzene rings is 3. The molecule has 2 amide bonds. The number of carbonyl (C=O) groups excluding carboxylic acids is 2. The third kappa shape index (κ3) is 5.02. The van der Waals surface area contributed by atoms with E-state index in [4.69, 9.17) is 9.73 Å². The van der Waals surface area contributed by atoms with Gasteiger partial charge in [-0.15, -0.1) is 0 Å². The Balaban J connectivity index is 1.16. The van der Waals surface area contributed by atoms with Gasteiger partial charge in [0.05, 0.1) is 24.2 Å². The van der Waals surface area contributed by atoms with E-state index in [-0.39, 0.29) is 17.6 Å². The van der Waals surface area contributed by atoms with Gasteiger partial charge >= 0.3 is 0 Å². The minimum atomic E-state index is -0.485. The molecule has 198 valence electrons. The number of carbonyl (C=O) groups is 2. The molecule has 3 aromatic carbocycles. The number of para-hydroxylation sites is 3. The summed E-state index contributed by atoms with van der Waals surface area (Å²) in [5, 5.41) is 0.639. The quantitative estimate of drug-likeness (QED) is 0.472. The maximum atomic E-state index is 13.3. The first-order valence-corrected chi connectivity index (χ1v) is 14.0. The Kier molecular flexibility index (Phi) is 7.06. The Bertz CT molecular complexity index is 1450. The SMILES string of the molecule is COc1ccccc1N1CCN(C(=O)CSC2=Nc3ccccc3C3=NC(=O)C(Cc4ccccc4)N23)CC1. The second-order valence-corrected chi connectivity index (χ2v) is 10.5. The maximum absolute atomic E-state index is 13.3. The highest BCUT2D eigenvalue weighted by Crippen LogP contribution is 2.35. The van der Waals surface area contributed by atoms with Crippen molar-refractivity contribution in [3.63, 3.8) is 0 Å². The van der Waals surface area contributed by atoms with Crippen LogP contribution >= 0.6 is 11.8 Å². The number of hydrogen-bond donors (Lipinski definition) is 0. The number of thioether (sulfide) groups is 1. The van der Waals surface area contributed by atoms with Crippen LogP contribution in [-0.4, -0.2) is 77.7 Å². The van der Waals surface area contributed by atoms with E-state index in [0.29, 0.717) is 30.5 Å². The molecule has 1 atom stereocenters. The summed E-state index contributed by atoms with van der Waals surface area (Å²) < 4.78 is 5.51. The Hall–Kier alpha value is -4.11. The largest absolute Gasteiger partial charge is 0.495 e. The number of methoxy groups -OCH3 is 1. The number of rotatable bonds is 6. The van der Waals surface area contributed by atoms with E-state index in [2.05, 4.69) is 9.89 Å². The lowest BCUT2D eigenvalue weighted by atomic mass is 10.0. The number of hydrogen-bond acceptors (Lipinski definition) is 7. The van der Waals surface area contributed by atoms with Crippen LogP contribution in [0, 0.1) is 0 Å². The molecule has 1 fully saturated rings. The molecule has 39 heavy (non-hydrogen) atoms. The highest BCUT2D eigenvalue weighted by molar-refractivity contribution is 8.14. The Morgan fingerprint density at radius 1 is 0.923 bits per heavy atom. The zero-order valence-corrected chi connectivity index (χ0v) is 22.5. The number of aliphatic imine (C=N–C) groups is 2. The molecule has 0 N–H and O–H groups in total. The van der Waals surface area contributed by atoms with Gasteiger partial charge in [-0.3, -0.25) is 14.5 Å². The summed E-state index contributed by atoms with van der Waals surface area (Å²) in [5.74, 6) is 1.58. The second kappa shape index (κ2) is 10.9. The molecular weight excluding hydrogens is 510 g/mol. The van der Waals surface area contributed by atoms with E-state index in [0.717, 1.165) is 41.3 Å². The molecule has 0 bridgehead atoms. The van der Waals surface area contributed by atoms with Crippen LogP contribution in [0.25, 0.3) is 0 Å². The van der Waals surface area contributed by atoms with Crippen LogP contribution in [0.15, 0.2) is 88.8 Å². The Morgan fingerprint density at radius 2 is 1.64 bits per heavy atom. The van der Waals surface area contributed by atoms with Gasteiger partial charge in [0.2, 0.25) is 5.91 Å². The highest BCUT2D eigenvalue weighted by Gasteiger charge is 2.42. The summed E-state index contributed by atoms with van der Waals surface area (Å²) in [4.78, 5) is 41.8. The lowest BCUT2D eigenvalue weighted by Gasteiger charge is -2.37. The van der Waals surface area contributed by atoms with Crippen LogP contribution in [0.5, 0.6) is 5.75 Å². The topological polar surface area (TPSA) is 77.8 Å². The predicted octanol–water partition coefficient (Wildman–Crippen LogP) is 3.98. The average Bonchev–Trinajstić information content (AvgIpc) is 3.32. The molecule has 3 heterocycles. The predicted molar refractivity (Wildman–Crippen MR) is 155 cm³/mol. The fraction of sp³-hybridized carbons (Fsp3) is 0.267. The third-order valence-corrected chi connectivity index (χ3v) is 8.20. The molecule has 0 aliphatic carbocycles. The average molecular weight is 540 g/mol. The molecule has 6 rings (SSSR count). The normalized spacial score (nSPS) is 18.3. The summed E-state index contributed by atoms with van der Waals surface area (Å²) in [7, 11) is 1.68. The van der Waals surface area contributed by atoms with Gasteiger partial charge < -0.3 is 14.5 Å². The van der Waals surface area contributed by atoms with Crippen molar-refractivity contribution in [2.24, 2.45) is 9.98 Å². The van der Waals surface area contributed by atoms with E-state index in [1.807, 2.05) is 88.7 Å². The van der Waals surface area contributed by atoms with Gasteiger partial charge in [0.15, 0.2) is 5.17 Å². The lowest BCUT2D eigenvalue weighted by molar-refractivity contribution is -0.128. The summed E-state index contributed by atoms with van der Waals surface area (Å²) in [6.07, 6.45) is 0.521. The molecule has 9 heteroatoms. The molecule has 1 unspecified atom stereocenters. The van der Waals surface area contributed by atoms with Crippen molar-refractivity contribution in [3.8, 4) is 5.75 Å². The summed E-state index contributed by atoms with van der Waals surface area (Å²) >= 11 is 1.38. The molecule has 0 saturated carbocycles. The molecule has 0 aromatic heterocycles. The standard InChI is InChI=1S/C30H29N5O3S/c1-38-26-14-8-7-13-24(26)33-15-17-34(18-16-33)27(36)20-39-30-31-23-12-6-5-11-22(23)28-32-29(37)25(35(28)30)19-21-9-3-2-4-10-21/h2-14,25H,15-20H2,1H3. The maximum Gasteiger partial charge on any atom is 0.271 e. The first-order valence-electron chi connectivity index (χ1n) is 13.0. The van der Waals surface area contributed by atoms with Gasteiger partial charge in [-0.1, -0.05) is 66.4 Å². The molecule has 3 aliphatic heterocycles. The Labute approximate surface area is 232 Å². The van der Waals surface area contributed by atoms with Crippen LogP contribution in [0.3, 0.4) is 0 Å². The van der Waals surface area contributed by atoms with Crippen LogP contribution in [0.4, 0.5) is 11.4 Å². The Morgan fingerprint density at radius 3 is 2.44 bits per heavy atom. The minimum absolute atomic E-state index is 0.0601.